The van der Waals surface area contributed by atoms with E-state index in [0.717, 1.165) is 16.3 Å². The summed E-state index contributed by atoms with van der Waals surface area (Å²) < 4.78 is 12.3. The van der Waals surface area contributed by atoms with Crippen LogP contribution in [0.3, 0.4) is 0 Å². The van der Waals surface area contributed by atoms with Crippen molar-refractivity contribution in [3.05, 3.63) is 104 Å². The Labute approximate surface area is 299 Å². The van der Waals surface area contributed by atoms with Crippen LogP contribution in [-0.2, 0) is 28.7 Å². The van der Waals surface area contributed by atoms with Crippen LogP contribution in [0.2, 0.25) is 0 Å². The van der Waals surface area contributed by atoms with Crippen LogP contribution in [-0.4, -0.2) is 77.7 Å². The predicted molar refractivity (Wildman–Crippen MR) is 194 cm³/mol. The molecule has 2 N–H and O–H groups in total. The first-order chi connectivity index (χ1) is 24.8. The number of aliphatic hydroxyl groups excluding tert-OH is 1. The van der Waals surface area contributed by atoms with Gasteiger partial charge in [0, 0.05) is 31.8 Å². The topological polar surface area (TPSA) is 125 Å². The van der Waals surface area contributed by atoms with Gasteiger partial charge in [0.05, 0.1) is 24.0 Å². The minimum atomic E-state index is -1.19. The number of esters is 1. The maximum Gasteiger partial charge on any atom is 0.306 e. The highest BCUT2D eigenvalue weighted by Gasteiger charge is 2.74. The number of anilines is 1. The molecule has 10 heteroatoms. The number of nitrogens with one attached hydrogen (secondary N) is 1. The summed E-state index contributed by atoms with van der Waals surface area (Å²) in [7, 11) is 0. The number of fused-ring (bicyclic) bond motifs is 2. The third-order valence-corrected chi connectivity index (χ3v) is 10.5. The van der Waals surface area contributed by atoms with E-state index in [1.807, 2.05) is 72.8 Å². The van der Waals surface area contributed by atoms with Gasteiger partial charge >= 0.3 is 5.97 Å². The number of unbranched alkanes of at least 4 members (excludes halogenated alkanes) is 2. The van der Waals surface area contributed by atoms with E-state index in [1.54, 1.807) is 22.0 Å². The lowest BCUT2D eigenvalue weighted by Crippen LogP contribution is -2.56. The first kappa shape index (κ1) is 36.0. The third kappa shape index (κ3) is 7.21. The number of likely N-dealkylation sites (tertiary alicyclic amines) is 1. The molecule has 6 atom stereocenters. The van der Waals surface area contributed by atoms with Gasteiger partial charge in [0.15, 0.2) is 0 Å². The Morgan fingerprint density at radius 3 is 2.53 bits per heavy atom. The Bertz CT molecular complexity index is 1760. The van der Waals surface area contributed by atoms with E-state index in [0.29, 0.717) is 50.8 Å². The second-order valence-corrected chi connectivity index (χ2v) is 13.6. The molecule has 1 spiro atoms. The summed E-state index contributed by atoms with van der Waals surface area (Å²) in [5.41, 5.74) is 0.252. The maximum absolute atomic E-state index is 14.9. The van der Waals surface area contributed by atoms with Crippen molar-refractivity contribution < 1.29 is 33.8 Å². The number of carbonyl (C=O) groups is 4. The van der Waals surface area contributed by atoms with Crippen LogP contribution in [0, 0.1) is 11.8 Å². The largest absolute Gasteiger partial charge is 0.463 e. The van der Waals surface area contributed by atoms with Crippen molar-refractivity contribution in [1.82, 2.24) is 10.2 Å². The molecule has 0 aromatic heterocycles. The Kier molecular flexibility index (Phi) is 11.3. The van der Waals surface area contributed by atoms with Crippen molar-refractivity contribution in [2.75, 3.05) is 31.2 Å². The fourth-order valence-electron chi connectivity index (χ4n) is 8.13. The van der Waals surface area contributed by atoms with E-state index in [-0.39, 0.29) is 43.9 Å². The van der Waals surface area contributed by atoms with Gasteiger partial charge in [0.2, 0.25) is 11.8 Å². The van der Waals surface area contributed by atoms with E-state index in [4.69, 9.17) is 9.47 Å². The van der Waals surface area contributed by atoms with Crippen LogP contribution in [0.25, 0.3) is 10.8 Å². The van der Waals surface area contributed by atoms with E-state index in [1.165, 1.54) is 0 Å². The molecule has 10 nitrogen and oxygen atoms in total. The van der Waals surface area contributed by atoms with Crippen molar-refractivity contribution in [2.45, 2.75) is 68.7 Å². The van der Waals surface area contributed by atoms with Gasteiger partial charge in [-0.25, -0.2) is 0 Å². The van der Waals surface area contributed by atoms with Gasteiger partial charge < -0.3 is 29.7 Å². The van der Waals surface area contributed by atoms with E-state index in [9.17, 15) is 24.3 Å². The summed E-state index contributed by atoms with van der Waals surface area (Å²) in [5.74, 6) is -3.02. The van der Waals surface area contributed by atoms with Crippen LogP contribution in [0.4, 0.5) is 5.69 Å². The molecule has 0 radical (unpaired) electrons. The van der Waals surface area contributed by atoms with Crippen LogP contribution in [0.1, 0.15) is 56.6 Å². The zero-order valence-corrected chi connectivity index (χ0v) is 29.0. The fraction of sp³-hybridized carbons (Fsp3) is 0.415. The van der Waals surface area contributed by atoms with E-state index < -0.39 is 41.6 Å². The number of nitrogens with zero attached hydrogens (tertiary/aromatic N) is 2. The minimum absolute atomic E-state index is 0.0388. The standard InChI is InChI=1S/C41H47N3O7/c1-3-5-18-34(46)50-27-32(29-15-8-6-9-16-29)42-38(47)35-33-21-22-41(51-33)36(35)39(48)44(24-12-7-13-25-45)37(41)40(49)43(23-4-2)31-20-19-28-14-10-11-17-30(28)26-31/h3-4,6,8-11,14-17,19-20,26,32-33,35-37,45H,1-2,5,7,12-13,18,21-25,27H2,(H,42,47)/t32-,33-,35+,36+,37-,41+/m1/s1. The smallest absolute Gasteiger partial charge is 0.306 e. The Morgan fingerprint density at radius 2 is 1.78 bits per heavy atom. The Morgan fingerprint density at radius 1 is 1.02 bits per heavy atom. The van der Waals surface area contributed by atoms with Gasteiger partial charge in [-0.3, -0.25) is 19.2 Å². The van der Waals surface area contributed by atoms with E-state index >= 15 is 0 Å². The summed E-state index contributed by atoms with van der Waals surface area (Å²) in [6.07, 6.45) is 6.26. The average Bonchev–Trinajstić information content (AvgIpc) is 3.80. The quantitative estimate of drug-likeness (QED) is 0.112. The number of allylic oxidation sites excluding steroid dienone is 1. The predicted octanol–water partition coefficient (Wildman–Crippen LogP) is 5.26. The molecule has 3 amide bonds. The van der Waals surface area contributed by atoms with Crippen LogP contribution < -0.4 is 10.2 Å². The SMILES string of the molecule is C=CCCC(=O)OC[C@@H](NC(=O)[C@@H]1[C@H]2C(=O)N(CCCCCO)[C@H](C(=O)N(CC=C)c3ccc4ccccc4c3)[C@]23CC[C@H]1O3)c1ccccc1. The molecule has 3 aromatic carbocycles. The van der Waals surface area contributed by atoms with Gasteiger partial charge in [-0.2, -0.15) is 0 Å². The number of carbonyl (C=O) groups excluding carboxylic acids is 4. The fourth-order valence-corrected chi connectivity index (χ4v) is 8.13. The van der Waals surface area contributed by atoms with Crippen molar-refractivity contribution in [1.29, 1.82) is 0 Å². The molecule has 0 saturated carbocycles. The molecule has 3 aliphatic rings. The first-order valence-electron chi connectivity index (χ1n) is 17.9. The van der Waals surface area contributed by atoms with Crippen molar-refractivity contribution in [3.63, 3.8) is 0 Å². The number of aliphatic hydroxyl groups is 1. The lowest BCUT2D eigenvalue weighted by molar-refractivity contribution is -0.146. The number of rotatable bonds is 17. The van der Waals surface area contributed by atoms with Crippen LogP contribution >= 0.6 is 0 Å². The zero-order chi connectivity index (χ0) is 36.0. The molecule has 3 aromatic rings. The lowest BCUT2D eigenvalue weighted by Gasteiger charge is -2.37. The molecule has 2 bridgehead atoms. The summed E-state index contributed by atoms with van der Waals surface area (Å²) in [4.78, 5) is 59.5. The lowest BCUT2D eigenvalue weighted by atomic mass is 9.70. The van der Waals surface area contributed by atoms with Gasteiger partial charge in [0.25, 0.3) is 5.91 Å². The molecule has 3 fully saturated rings. The second kappa shape index (κ2) is 16.0. The molecular formula is C41H47N3O7. The second-order valence-electron chi connectivity index (χ2n) is 13.6. The highest BCUT2D eigenvalue weighted by molar-refractivity contribution is 6.05. The number of amides is 3. The average molecular weight is 694 g/mol. The van der Waals surface area contributed by atoms with Crippen LogP contribution in [0.5, 0.6) is 0 Å². The van der Waals surface area contributed by atoms with Gasteiger partial charge in [-0.1, -0.05) is 72.8 Å². The monoisotopic (exact) mass is 693 g/mol. The zero-order valence-electron chi connectivity index (χ0n) is 29.0. The van der Waals surface area contributed by atoms with E-state index in [2.05, 4.69) is 18.5 Å². The number of hydrogen-bond donors (Lipinski definition) is 2. The van der Waals surface area contributed by atoms with Crippen molar-refractivity contribution in [3.8, 4) is 0 Å². The normalized spacial score (nSPS) is 23.9. The highest BCUT2D eigenvalue weighted by atomic mass is 16.5. The molecule has 3 heterocycles. The summed E-state index contributed by atoms with van der Waals surface area (Å²) in [6, 6.07) is 21.4. The molecule has 268 valence electrons. The van der Waals surface area contributed by atoms with Gasteiger partial charge in [-0.05, 0) is 67.0 Å². The van der Waals surface area contributed by atoms with Crippen molar-refractivity contribution >= 4 is 40.2 Å². The van der Waals surface area contributed by atoms with Crippen molar-refractivity contribution in [2.24, 2.45) is 11.8 Å². The molecular weight excluding hydrogens is 646 g/mol. The third-order valence-electron chi connectivity index (χ3n) is 10.5. The highest BCUT2D eigenvalue weighted by Crippen LogP contribution is 2.58. The number of ether oxygens (including phenoxy) is 2. The van der Waals surface area contributed by atoms with Gasteiger partial charge in [-0.15, -0.1) is 13.2 Å². The van der Waals surface area contributed by atoms with Crippen LogP contribution in [0.15, 0.2) is 98.1 Å². The van der Waals surface area contributed by atoms with Gasteiger partial charge in [0.1, 0.15) is 18.2 Å². The molecule has 51 heavy (non-hydrogen) atoms. The molecule has 3 saturated heterocycles. The Balaban J connectivity index is 1.31. The Hall–Kier alpha value is -4.80. The molecule has 3 aliphatic heterocycles. The number of benzene rings is 3. The molecule has 6 rings (SSSR count). The number of hydrogen-bond acceptors (Lipinski definition) is 7. The summed E-state index contributed by atoms with van der Waals surface area (Å²) in [6.45, 7) is 8.06. The molecule has 0 aliphatic carbocycles. The molecule has 0 unspecified atom stereocenters. The summed E-state index contributed by atoms with van der Waals surface area (Å²) in [5, 5.41) is 14.5. The summed E-state index contributed by atoms with van der Waals surface area (Å²) >= 11 is 0. The maximum atomic E-state index is 14.9. The minimum Gasteiger partial charge on any atom is -0.463 e. The first-order valence-corrected chi connectivity index (χ1v) is 17.9.